The van der Waals surface area contributed by atoms with E-state index in [0.29, 0.717) is 17.7 Å². The molecular formula is C12H20ClNOS. The predicted molar refractivity (Wildman–Crippen MR) is 70.1 cm³/mol. The van der Waals surface area contributed by atoms with Crippen molar-refractivity contribution in [3.63, 3.8) is 0 Å². The number of piperidine rings is 1. The smallest absolute Gasteiger partial charge is 0.226 e. The number of amides is 1. The molecule has 0 aromatic rings. The van der Waals surface area contributed by atoms with E-state index in [1.165, 1.54) is 0 Å². The van der Waals surface area contributed by atoms with Crippen LogP contribution in [0.15, 0.2) is 0 Å². The van der Waals surface area contributed by atoms with Crippen LogP contribution in [0.1, 0.15) is 26.2 Å². The summed E-state index contributed by atoms with van der Waals surface area (Å²) < 4.78 is 0. The second-order valence-corrected chi connectivity index (χ2v) is 6.74. The highest BCUT2D eigenvalue weighted by atomic mass is 35.5. The zero-order valence-electron chi connectivity index (χ0n) is 9.82. The Morgan fingerprint density at radius 3 is 2.56 bits per heavy atom. The van der Waals surface area contributed by atoms with E-state index in [2.05, 4.69) is 11.8 Å². The maximum Gasteiger partial charge on any atom is 0.226 e. The first kappa shape index (κ1) is 12.6. The number of halogens is 1. The Balaban J connectivity index is 1.81. The van der Waals surface area contributed by atoms with Gasteiger partial charge in [-0.2, -0.15) is 11.8 Å². The summed E-state index contributed by atoms with van der Waals surface area (Å²) in [4.78, 5) is 14.2. The zero-order valence-corrected chi connectivity index (χ0v) is 11.4. The molecule has 0 saturated carbocycles. The summed E-state index contributed by atoms with van der Waals surface area (Å²) in [6.45, 7) is 3.90. The molecule has 2 saturated heterocycles. The summed E-state index contributed by atoms with van der Waals surface area (Å²) in [6.07, 6.45) is 3.24. The molecule has 2 aliphatic heterocycles. The van der Waals surface area contributed by atoms with E-state index in [4.69, 9.17) is 11.6 Å². The molecule has 0 spiro atoms. The van der Waals surface area contributed by atoms with Gasteiger partial charge in [0, 0.05) is 30.1 Å². The summed E-state index contributed by atoms with van der Waals surface area (Å²) in [5.41, 5.74) is 0. The van der Waals surface area contributed by atoms with Crippen molar-refractivity contribution in [2.24, 2.45) is 11.8 Å². The Labute approximate surface area is 107 Å². The predicted octanol–water partition coefficient (Wildman–Crippen LogP) is 2.61. The molecule has 1 amide bonds. The van der Waals surface area contributed by atoms with Crippen LogP contribution in [0.5, 0.6) is 0 Å². The van der Waals surface area contributed by atoms with Gasteiger partial charge >= 0.3 is 0 Å². The van der Waals surface area contributed by atoms with Gasteiger partial charge in [-0.15, -0.1) is 11.6 Å². The Bertz CT molecular complexity index is 245. The van der Waals surface area contributed by atoms with Gasteiger partial charge in [-0.3, -0.25) is 4.79 Å². The molecule has 2 heterocycles. The van der Waals surface area contributed by atoms with Crippen LogP contribution in [0.25, 0.3) is 0 Å². The molecule has 2 unspecified atom stereocenters. The van der Waals surface area contributed by atoms with Crippen LogP contribution < -0.4 is 0 Å². The second kappa shape index (κ2) is 5.63. The molecule has 0 radical (unpaired) electrons. The molecule has 16 heavy (non-hydrogen) atoms. The van der Waals surface area contributed by atoms with Crippen LogP contribution in [0.2, 0.25) is 0 Å². The first-order valence-corrected chi connectivity index (χ1v) is 7.78. The van der Waals surface area contributed by atoms with Gasteiger partial charge in [0.25, 0.3) is 0 Å². The lowest BCUT2D eigenvalue weighted by molar-refractivity contribution is -0.136. The summed E-state index contributed by atoms with van der Waals surface area (Å²) in [5, 5.41) is 0.249. The fraction of sp³-hybridized carbons (Fsp3) is 0.917. The molecule has 2 aliphatic rings. The lowest BCUT2D eigenvalue weighted by atomic mass is 9.93. The Morgan fingerprint density at radius 2 is 2.06 bits per heavy atom. The van der Waals surface area contributed by atoms with Gasteiger partial charge in [-0.05, 0) is 37.9 Å². The first-order valence-electron chi connectivity index (χ1n) is 6.19. The number of carbonyl (C=O) groups is 1. The van der Waals surface area contributed by atoms with Gasteiger partial charge in [0.1, 0.15) is 0 Å². The average molecular weight is 262 g/mol. The third-order valence-corrected chi connectivity index (χ3v) is 5.30. The number of nitrogens with zero attached hydrogens (tertiary/aromatic N) is 1. The number of thioether (sulfide) groups is 1. The average Bonchev–Trinajstić information content (AvgIpc) is 2.81. The Hall–Kier alpha value is 0.110. The Kier molecular flexibility index (Phi) is 4.42. The van der Waals surface area contributed by atoms with Gasteiger partial charge in [-0.1, -0.05) is 0 Å². The fourth-order valence-electron chi connectivity index (χ4n) is 2.57. The zero-order chi connectivity index (χ0) is 11.5. The highest BCUT2D eigenvalue weighted by Gasteiger charge is 2.31. The number of carbonyl (C=O) groups excluding carboxylic acids is 1. The first-order chi connectivity index (χ1) is 7.68. The summed E-state index contributed by atoms with van der Waals surface area (Å²) >= 11 is 8.02. The van der Waals surface area contributed by atoms with Crippen molar-refractivity contribution < 1.29 is 4.79 Å². The third kappa shape index (κ3) is 2.86. The molecule has 0 N–H and O–H groups in total. The van der Waals surface area contributed by atoms with Gasteiger partial charge in [0.2, 0.25) is 5.91 Å². The maximum absolute atomic E-state index is 12.2. The monoisotopic (exact) mass is 261 g/mol. The minimum atomic E-state index is 0.249. The molecule has 2 atom stereocenters. The number of rotatable bonds is 2. The van der Waals surface area contributed by atoms with Crippen LogP contribution in [-0.4, -0.2) is 40.8 Å². The van der Waals surface area contributed by atoms with E-state index in [1.54, 1.807) is 0 Å². The lowest BCUT2D eigenvalue weighted by Crippen LogP contribution is -2.43. The number of hydrogen-bond donors (Lipinski definition) is 0. The van der Waals surface area contributed by atoms with Crippen LogP contribution in [-0.2, 0) is 4.79 Å². The van der Waals surface area contributed by atoms with Gasteiger partial charge in [0.15, 0.2) is 0 Å². The standard InChI is InChI=1S/C12H20ClNOS/c1-9(13)10-2-5-14(6-3-10)12(15)11-4-7-16-8-11/h9-11H,2-8H2,1H3. The summed E-state index contributed by atoms with van der Waals surface area (Å²) in [6, 6.07) is 0. The highest BCUT2D eigenvalue weighted by molar-refractivity contribution is 7.99. The molecule has 2 rings (SSSR count). The van der Waals surface area contributed by atoms with E-state index >= 15 is 0 Å². The molecule has 0 aromatic carbocycles. The summed E-state index contributed by atoms with van der Waals surface area (Å²) in [5.74, 6) is 3.49. The SMILES string of the molecule is CC(Cl)C1CCN(C(=O)C2CCSC2)CC1. The minimum absolute atomic E-state index is 0.249. The Morgan fingerprint density at radius 1 is 1.38 bits per heavy atom. The van der Waals surface area contributed by atoms with Crippen LogP contribution in [0.4, 0.5) is 0 Å². The quantitative estimate of drug-likeness (QED) is 0.713. The maximum atomic E-state index is 12.2. The van der Waals surface area contributed by atoms with Crippen molar-refractivity contribution >= 4 is 29.3 Å². The van der Waals surface area contributed by atoms with Crippen molar-refractivity contribution in [3.8, 4) is 0 Å². The molecule has 0 bridgehead atoms. The second-order valence-electron chi connectivity index (χ2n) is 4.90. The molecular weight excluding hydrogens is 242 g/mol. The van der Waals surface area contributed by atoms with Gasteiger partial charge < -0.3 is 4.90 Å². The summed E-state index contributed by atoms with van der Waals surface area (Å²) in [7, 11) is 0. The van der Waals surface area contributed by atoms with E-state index in [-0.39, 0.29) is 5.38 Å². The third-order valence-electron chi connectivity index (χ3n) is 3.78. The number of alkyl halides is 1. The number of likely N-dealkylation sites (tertiary alicyclic amines) is 1. The largest absolute Gasteiger partial charge is 0.342 e. The normalized spacial score (nSPS) is 29.4. The molecule has 0 aromatic heterocycles. The van der Waals surface area contributed by atoms with Crippen molar-refractivity contribution in [1.29, 1.82) is 0 Å². The fourth-order valence-corrected chi connectivity index (χ4v) is 4.03. The van der Waals surface area contributed by atoms with E-state index < -0.39 is 0 Å². The van der Waals surface area contributed by atoms with Crippen molar-refractivity contribution in [1.82, 2.24) is 4.90 Å². The van der Waals surface area contributed by atoms with Crippen molar-refractivity contribution in [2.45, 2.75) is 31.6 Å². The number of hydrogen-bond acceptors (Lipinski definition) is 2. The van der Waals surface area contributed by atoms with E-state index in [9.17, 15) is 4.79 Å². The van der Waals surface area contributed by atoms with Gasteiger partial charge in [0.05, 0.1) is 0 Å². The van der Waals surface area contributed by atoms with Crippen LogP contribution >= 0.6 is 23.4 Å². The highest BCUT2D eigenvalue weighted by Crippen LogP contribution is 2.28. The molecule has 0 aliphatic carbocycles. The molecule has 92 valence electrons. The molecule has 4 heteroatoms. The molecule has 2 fully saturated rings. The van der Waals surface area contributed by atoms with E-state index in [1.807, 2.05) is 11.8 Å². The van der Waals surface area contributed by atoms with Crippen molar-refractivity contribution in [3.05, 3.63) is 0 Å². The minimum Gasteiger partial charge on any atom is -0.342 e. The van der Waals surface area contributed by atoms with Crippen LogP contribution in [0.3, 0.4) is 0 Å². The van der Waals surface area contributed by atoms with Crippen molar-refractivity contribution in [2.75, 3.05) is 24.6 Å². The van der Waals surface area contributed by atoms with E-state index in [0.717, 1.165) is 43.9 Å². The lowest BCUT2D eigenvalue weighted by Gasteiger charge is -2.34. The molecule has 2 nitrogen and oxygen atoms in total. The van der Waals surface area contributed by atoms with Crippen LogP contribution in [0, 0.1) is 11.8 Å². The topological polar surface area (TPSA) is 20.3 Å². The van der Waals surface area contributed by atoms with Gasteiger partial charge in [-0.25, -0.2) is 0 Å².